The molecule has 0 spiro atoms. The molecule has 4 rings (SSSR count). The molecule has 0 bridgehead atoms. The Morgan fingerprint density at radius 2 is 1.94 bits per heavy atom. The fourth-order valence-corrected chi connectivity index (χ4v) is 4.15. The fourth-order valence-electron chi connectivity index (χ4n) is 2.67. The van der Waals surface area contributed by atoms with Crippen molar-refractivity contribution in [1.82, 2.24) is 25.6 Å². The number of hydrazine groups is 1. The first-order valence-electron chi connectivity index (χ1n) is 9.07. The van der Waals surface area contributed by atoms with Crippen LogP contribution in [-0.4, -0.2) is 32.3 Å². The van der Waals surface area contributed by atoms with Gasteiger partial charge in [0.2, 0.25) is 5.91 Å². The van der Waals surface area contributed by atoms with E-state index in [0.29, 0.717) is 27.4 Å². The number of carbonyl (C=O) groups is 2. The van der Waals surface area contributed by atoms with Crippen molar-refractivity contribution in [1.29, 1.82) is 0 Å². The maximum atomic E-state index is 12.2. The van der Waals surface area contributed by atoms with Gasteiger partial charge in [0.15, 0.2) is 11.0 Å². The zero-order valence-electron chi connectivity index (χ0n) is 15.9. The quantitative estimate of drug-likeness (QED) is 0.312. The number of benzene rings is 1. The van der Waals surface area contributed by atoms with Crippen LogP contribution in [0.15, 0.2) is 69.7 Å². The highest BCUT2D eigenvalue weighted by Crippen LogP contribution is 2.26. The average Bonchev–Trinajstić information content (AvgIpc) is 3.54. The Balaban J connectivity index is 1.45. The minimum atomic E-state index is -0.365. The van der Waals surface area contributed by atoms with Crippen LogP contribution in [0.5, 0.6) is 0 Å². The van der Waals surface area contributed by atoms with Gasteiger partial charge in [0.25, 0.3) is 5.91 Å². The minimum absolute atomic E-state index is 0.0433. The zero-order valence-corrected chi connectivity index (χ0v) is 18.3. The van der Waals surface area contributed by atoms with E-state index in [9.17, 15) is 9.59 Å². The van der Waals surface area contributed by atoms with E-state index in [1.807, 2.05) is 22.8 Å². The van der Waals surface area contributed by atoms with E-state index in [1.165, 1.54) is 23.1 Å². The first-order chi connectivity index (χ1) is 15.1. The lowest BCUT2D eigenvalue weighted by molar-refractivity contribution is -0.119. The van der Waals surface area contributed by atoms with E-state index in [4.69, 9.17) is 16.0 Å². The van der Waals surface area contributed by atoms with E-state index in [2.05, 4.69) is 21.0 Å². The second-order valence-electron chi connectivity index (χ2n) is 6.25. The Morgan fingerprint density at radius 1 is 1.10 bits per heavy atom. The van der Waals surface area contributed by atoms with Gasteiger partial charge in [-0.3, -0.25) is 25.0 Å². The Labute approximate surface area is 190 Å². The molecule has 4 aromatic rings. The van der Waals surface area contributed by atoms with E-state index >= 15 is 0 Å². The van der Waals surface area contributed by atoms with Gasteiger partial charge in [-0.05, 0) is 47.8 Å². The molecule has 0 atom stereocenters. The van der Waals surface area contributed by atoms with Crippen molar-refractivity contribution in [2.45, 2.75) is 11.7 Å². The molecule has 0 aliphatic carbocycles. The monoisotopic (exact) mass is 473 g/mol. The summed E-state index contributed by atoms with van der Waals surface area (Å²) in [4.78, 5) is 24.6. The van der Waals surface area contributed by atoms with Gasteiger partial charge in [-0.25, -0.2) is 0 Å². The second-order valence-corrected chi connectivity index (χ2v) is 8.57. The Hall–Kier alpha value is -3.08. The number of rotatable bonds is 7. The van der Waals surface area contributed by atoms with Crippen molar-refractivity contribution in [2.75, 3.05) is 5.75 Å². The summed E-state index contributed by atoms with van der Waals surface area (Å²) < 4.78 is 7.33. The number of furan rings is 1. The highest BCUT2D eigenvalue weighted by molar-refractivity contribution is 7.99. The van der Waals surface area contributed by atoms with Gasteiger partial charge in [-0.1, -0.05) is 29.4 Å². The molecule has 11 heteroatoms. The molecule has 0 aliphatic heterocycles. The number of carbonyl (C=O) groups excluding carboxylic acids is 2. The molecular weight excluding hydrogens is 458 g/mol. The number of aromatic nitrogens is 3. The first kappa shape index (κ1) is 21.2. The molecule has 8 nitrogen and oxygen atoms in total. The van der Waals surface area contributed by atoms with Crippen LogP contribution in [-0.2, 0) is 11.3 Å². The van der Waals surface area contributed by atoms with Crippen LogP contribution >= 0.6 is 34.7 Å². The standard InChI is InChI=1S/C20H16ClN5O3S2/c21-14-7-5-13(6-8-14)18-23-25-20(26(18)11-15-3-1-9-29-15)31-12-17(27)22-24-19(28)16-4-2-10-30-16/h1-10H,11-12H2,(H,22,27)(H,24,28). The molecule has 0 fully saturated rings. The maximum Gasteiger partial charge on any atom is 0.279 e. The molecular formula is C20H16ClN5O3S2. The molecule has 158 valence electrons. The lowest BCUT2D eigenvalue weighted by Gasteiger charge is -2.09. The lowest BCUT2D eigenvalue weighted by Crippen LogP contribution is -2.42. The third-order valence-electron chi connectivity index (χ3n) is 4.11. The Bertz CT molecular complexity index is 1160. The maximum absolute atomic E-state index is 12.2. The van der Waals surface area contributed by atoms with Crippen LogP contribution in [0.3, 0.4) is 0 Å². The van der Waals surface area contributed by atoms with Crippen molar-refractivity contribution in [3.05, 3.63) is 75.8 Å². The molecule has 0 unspecified atom stereocenters. The van der Waals surface area contributed by atoms with Gasteiger partial charge in [-0.15, -0.1) is 21.5 Å². The summed E-state index contributed by atoms with van der Waals surface area (Å²) in [5, 5.41) is 11.5. The van der Waals surface area contributed by atoms with Crippen LogP contribution < -0.4 is 10.9 Å². The van der Waals surface area contributed by atoms with Crippen molar-refractivity contribution in [3.8, 4) is 11.4 Å². The van der Waals surface area contributed by atoms with Gasteiger partial charge in [0, 0.05) is 10.6 Å². The highest BCUT2D eigenvalue weighted by atomic mass is 35.5. The Kier molecular flexibility index (Phi) is 6.70. The number of hydrogen-bond acceptors (Lipinski definition) is 7. The van der Waals surface area contributed by atoms with Gasteiger partial charge in [-0.2, -0.15) is 0 Å². The molecule has 0 saturated heterocycles. The first-order valence-corrected chi connectivity index (χ1v) is 11.3. The lowest BCUT2D eigenvalue weighted by atomic mass is 10.2. The third-order valence-corrected chi connectivity index (χ3v) is 6.19. The molecule has 0 saturated carbocycles. The number of thioether (sulfide) groups is 1. The molecule has 0 aliphatic rings. The summed E-state index contributed by atoms with van der Waals surface area (Å²) >= 11 is 8.49. The molecule has 3 heterocycles. The predicted molar refractivity (Wildman–Crippen MR) is 119 cm³/mol. The molecule has 3 aromatic heterocycles. The number of halogens is 1. The topological polar surface area (TPSA) is 102 Å². The summed E-state index contributed by atoms with van der Waals surface area (Å²) in [6.07, 6.45) is 1.60. The minimum Gasteiger partial charge on any atom is -0.467 e. The van der Waals surface area contributed by atoms with Crippen LogP contribution in [0.4, 0.5) is 0 Å². The average molecular weight is 474 g/mol. The van der Waals surface area contributed by atoms with E-state index in [1.54, 1.807) is 42.0 Å². The number of thiophene rings is 1. The highest BCUT2D eigenvalue weighted by Gasteiger charge is 2.17. The number of amides is 2. The summed E-state index contributed by atoms with van der Waals surface area (Å²) in [6.45, 7) is 0.400. The van der Waals surface area contributed by atoms with E-state index in [0.717, 1.165) is 11.3 Å². The molecule has 1 aromatic carbocycles. The zero-order chi connectivity index (χ0) is 21.6. The number of nitrogens with zero attached hydrogens (tertiary/aromatic N) is 3. The smallest absolute Gasteiger partial charge is 0.279 e. The van der Waals surface area contributed by atoms with Gasteiger partial charge in [0.05, 0.1) is 23.4 Å². The van der Waals surface area contributed by atoms with Crippen LogP contribution in [0.1, 0.15) is 15.4 Å². The van der Waals surface area contributed by atoms with E-state index < -0.39 is 0 Å². The van der Waals surface area contributed by atoms with Crippen LogP contribution in [0.25, 0.3) is 11.4 Å². The van der Waals surface area contributed by atoms with Crippen molar-refractivity contribution >= 4 is 46.5 Å². The molecule has 2 N–H and O–H groups in total. The molecule has 0 radical (unpaired) electrons. The van der Waals surface area contributed by atoms with Crippen LogP contribution in [0, 0.1) is 0 Å². The van der Waals surface area contributed by atoms with Gasteiger partial charge < -0.3 is 4.42 Å². The van der Waals surface area contributed by atoms with Gasteiger partial charge in [0.1, 0.15) is 5.76 Å². The van der Waals surface area contributed by atoms with Gasteiger partial charge >= 0.3 is 0 Å². The molecule has 31 heavy (non-hydrogen) atoms. The summed E-state index contributed by atoms with van der Waals surface area (Å²) in [7, 11) is 0. The molecule has 2 amide bonds. The van der Waals surface area contributed by atoms with E-state index in [-0.39, 0.29) is 17.6 Å². The largest absolute Gasteiger partial charge is 0.467 e. The fraction of sp³-hybridized carbons (Fsp3) is 0.100. The summed E-state index contributed by atoms with van der Waals surface area (Å²) in [6, 6.07) is 14.4. The summed E-state index contributed by atoms with van der Waals surface area (Å²) in [5.74, 6) is 0.670. The van der Waals surface area contributed by atoms with Crippen molar-refractivity contribution < 1.29 is 14.0 Å². The Morgan fingerprint density at radius 3 is 2.65 bits per heavy atom. The third kappa shape index (κ3) is 5.35. The van der Waals surface area contributed by atoms with Crippen molar-refractivity contribution in [2.24, 2.45) is 0 Å². The van der Waals surface area contributed by atoms with Crippen LogP contribution in [0.2, 0.25) is 5.02 Å². The van der Waals surface area contributed by atoms with Crippen molar-refractivity contribution in [3.63, 3.8) is 0 Å². The normalized spacial score (nSPS) is 10.7. The summed E-state index contributed by atoms with van der Waals surface area (Å²) in [5.41, 5.74) is 5.64. The number of hydrogen-bond donors (Lipinski definition) is 2. The number of nitrogens with one attached hydrogen (secondary N) is 2. The second kappa shape index (κ2) is 9.82. The SMILES string of the molecule is O=C(CSc1nnc(-c2ccc(Cl)cc2)n1Cc1ccco1)NNC(=O)c1cccs1. The predicted octanol–water partition coefficient (Wildman–Crippen LogP) is 3.85.